The van der Waals surface area contributed by atoms with Crippen LogP contribution in [0.2, 0.25) is 0 Å². The normalized spacial score (nSPS) is 17.3. The molecule has 1 fully saturated rings. The van der Waals surface area contributed by atoms with Gasteiger partial charge in [0, 0.05) is 18.5 Å². The molecule has 1 aliphatic heterocycles. The van der Waals surface area contributed by atoms with Gasteiger partial charge >= 0.3 is 12.1 Å². The van der Waals surface area contributed by atoms with Gasteiger partial charge in [0.15, 0.2) is 0 Å². The van der Waals surface area contributed by atoms with E-state index in [2.05, 4.69) is 0 Å². The smallest absolute Gasteiger partial charge is 0.410 e. The summed E-state index contributed by atoms with van der Waals surface area (Å²) >= 11 is 0. The van der Waals surface area contributed by atoms with E-state index in [1.54, 1.807) is 11.8 Å². The molecule has 2 rings (SSSR count). The van der Waals surface area contributed by atoms with Crippen molar-refractivity contribution in [2.45, 2.75) is 52.2 Å². The van der Waals surface area contributed by atoms with Crippen LogP contribution in [0.3, 0.4) is 0 Å². The highest BCUT2D eigenvalue weighted by Gasteiger charge is 2.31. The number of hydrogen-bond donors (Lipinski definition) is 0. The molecule has 0 aromatic heterocycles. The average Bonchev–Trinajstić information content (AvgIpc) is 2.96. The summed E-state index contributed by atoms with van der Waals surface area (Å²) in [6.07, 6.45) is 0.466. The lowest BCUT2D eigenvalue weighted by Crippen LogP contribution is -2.36. The molecule has 1 aromatic carbocycles. The van der Waals surface area contributed by atoms with E-state index in [4.69, 9.17) is 14.2 Å². The van der Waals surface area contributed by atoms with E-state index in [1.165, 1.54) is 0 Å². The summed E-state index contributed by atoms with van der Waals surface area (Å²) in [4.78, 5) is 25.5. The SMILES string of the molecule is CCOC(=O)Cc1ccccc1O[C@H]1CCN(C(=O)OC(C)(C)C)C1. The van der Waals surface area contributed by atoms with Crippen molar-refractivity contribution < 1.29 is 23.8 Å². The summed E-state index contributed by atoms with van der Waals surface area (Å²) in [5.41, 5.74) is 0.277. The highest BCUT2D eigenvalue weighted by molar-refractivity contribution is 5.73. The molecular weight excluding hydrogens is 322 g/mol. The van der Waals surface area contributed by atoms with Crippen LogP contribution < -0.4 is 4.74 Å². The molecular formula is C19H27NO5. The molecule has 1 aliphatic rings. The van der Waals surface area contributed by atoms with E-state index in [0.717, 1.165) is 12.0 Å². The van der Waals surface area contributed by atoms with Gasteiger partial charge < -0.3 is 19.1 Å². The number of esters is 1. The molecule has 1 amide bonds. The Morgan fingerprint density at radius 2 is 1.96 bits per heavy atom. The van der Waals surface area contributed by atoms with Crippen LogP contribution >= 0.6 is 0 Å². The molecule has 1 heterocycles. The molecule has 0 radical (unpaired) electrons. The second-order valence-electron chi connectivity index (χ2n) is 7.04. The Kier molecular flexibility index (Phi) is 6.28. The van der Waals surface area contributed by atoms with Crippen LogP contribution in [0.1, 0.15) is 39.7 Å². The Morgan fingerprint density at radius 1 is 1.24 bits per heavy atom. The number of carbonyl (C=O) groups is 2. The Balaban J connectivity index is 1.95. The third-order valence-corrected chi connectivity index (χ3v) is 3.70. The summed E-state index contributed by atoms with van der Waals surface area (Å²) in [7, 11) is 0. The van der Waals surface area contributed by atoms with Crippen molar-refractivity contribution in [2.75, 3.05) is 19.7 Å². The van der Waals surface area contributed by atoms with Crippen LogP contribution in [0.4, 0.5) is 4.79 Å². The molecule has 0 unspecified atom stereocenters. The molecule has 0 saturated carbocycles. The fraction of sp³-hybridized carbons (Fsp3) is 0.579. The van der Waals surface area contributed by atoms with Crippen molar-refractivity contribution in [3.63, 3.8) is 0 Å². The van der Waals surface area contributed by atoms with E-state index in [9.17, 15) is 9.59 Å². The molecule has 1 saturated heterocycles. The van der Waals surface area contributed by atoms with Crippen LogP contribution in [0, 0.1) is 0 Å². The van der Waals surface area contributed by atoms with Gasteiger partial charge in [-0.05, 0) is 33.8 Å². The lowest BCUT2D eigenvalue weighted by molar-refractivity contribution is -0.142. The van der Waals surface area contributed by atoms with E-state index in [0.29, 0.717) is 25.4 Å². The Bertz CT molecular complexity index is 608. The van der Waals surface area contributed by atoms with Crippen molar-refractivity contribution in [2.24, 2.45) is 0 Å². The molecule has 6 heteroatoms. The summed E-state index contributed by atoms with van der Waals surface area (Å²) in [6.45, 7) is 8.75. The predicted octanol–water partition coefficient (Wildman–Crippen LogP) is 3.18. The largest absolute Gasteiger partial charge is 0.488 e. The molecule has 1 aromatic rings. The first-order valence-electron chi connectivity index (χ1n) is 8.66. The summed E-state index contributed by atoms with van der Waals surface area (Å²) in [5.74, 6) is 0.381. The van der Waals surface area contributed by atoms with Gasteiger partial charge in [-0.1, -0.05) is 18.2 Å². The number of para-hydroxylation sites is 1. The minimum Gasteiger partial charge on any atom is -0.488 e. The minimum atomic E-state index is -0.512. The maximum atomic E-state index is 12.1. The van der Waals surface area contributed by atoms with Gasteiger partial charge in [-0.15, -0.1) is 0 Å². The van der Waals surface area contributed by atoms with Gasteiger partial charge in [-0.2, -0.15) is 0 Å². The maximum absolute atomic E-state index is 12.1. The lowest BCUT2D eigenvalue weighted by Gasteiger charge is -2.24. The van der Waals surface area contributed by atoms with Crippen molar-refractivity contribution in [1.29, 1.82) is 0 Å². The van der Waals surface area contributed by atoms with E-state index < -0.39 is 5.60 Å². The highest BCUT2D eigenvalue weighted by Crippen LogP contribution is 2.24. The van der Waals surface area contributed by atoms with Gasteiger partial charge in [-0.25, -0.2) is 4.79 Å². The third-order valence-electron chi connectivity index (χ3n) is 3.70. The minimum absolute atomic E-state index is 0.115. The second-order valence-corrected chi connectivity index (χ2v) is 7.04. The topological polar surface area (TPSA) is 65.1 Å². The summed E-state index contributed by atoms with van der Waals surface area (Å²) in [5, 5.41) is 0. The zero-order chi connectivity index (χ0) is 18.4. The first-order chi connectivity index (χ1) is 11.8. The molecule has 6 nitrogen and oxygen atoms in total. The first kappa shape index (κ1) is 19.1. The number of ether oxygens (including phenoxy) is 3. The average molecular weight is 349 g/mol. The summed E-state index contributed by atoms with van der Waals surface area (Å²) in [6, 6.07) is 7.42. The van der Waals surface area contributed by atoms with Crippen molar-refractivity contribution >= 4 is 12.1 Å². The van der Waals surface area contributed by atoms with Gasteiger partial charge in [0.2, 0.25) is 0 Å². The van der Waals surface area contributed by atoms with Crippen molar-refractivity contribution in [3.8, 4) is 5.75 Å². The molecule has 1 atom stereocenters. The van der Waals surface area contributed by atoms with Crippen LogP contribution in [-0.4, -0.2) is 48.4 Å². The van der Waals surface area contributed by atoms with Gasteiger partial charge in [0.25, 0.3) is 0 Å². The summed E-state index contributed by atoms with van der Waals surface area (Å²) < 4.78 is 16.4. The first-order valence-corrected chi connectivity index (χ1v) is 8.66. The molecule has 0 aliphatic carbocycles. The lowest BCUT2D eigenvalue weighted by atomic mass is 10.1. The van der Waals surface area contributed by atoms with Crippen molar-refractivity contribution in [3.05, 3.63) is 29.8 Å². The van der Waals surface area contributed by atoms with E-state index >= 15 is 0 Å². The van der Waals surface area contributed by atoms with Gasteiger partial charge in [0.1, 0.15) is 17.5 Å². The molecule has 0 spiro atoms. The Labute approximate surface area is 149 Å². The Hall–Kier alpha value is -2.24. The van der Waals surface area contributed by atoms with Gasteiger partial charge in [0.05, 0.1) is 19.6 Å². The number of likely N-dealkylation sites (tertiary alicyclic amines) is 1. The number of rotatable bonds is 5. The Morgan fingerprint density at radius 3 is 2.64 bits per heavy atom. The van der Waals surface area contributed by atoms with Crippen LogP contribution in [0.5, 0.6) is 5.75 Å². The zero-order valence-corrected chi connectivity index (χ0v) is 15.4. The number of hydrogen-bond acceptors (Lipinski definition) is 5. The van der Waals surface area contributed by atoms with Crippen LogP contribution in [0.25, 0.3) is 0 Å². The standard InChI is InChI=1S/C19H27NO5/c1-5-23-17(21)12-14-8-6-7-9-16(14)24-15-10-11-20(13-15)18(22)25-19(2,3)4/h6-9,15H,5,10-13H2,1-4H3/t15-/m0/s1. The van der Waals surface area contributed by atoms with E-state index in [-0.39, 0.29) is 24.6 Å². The number of amides is 1. The molecule has 0 N–H and O–H groups in total. The number of carbonyl (C=O) groups excluding carboxylic acids is 2. The zero-order valence-electron chi connectivity index (χ0n) is 15.4. The third kappa shape index (κ3) is 5.96. The van der Waals surface area contributed by atoms with Crippen LogP contribution in [-0.2, 0) is 20.7 Å². The second kappa shape index (κ2) is 8.23. The molecule has 138 valence electrons. The predicted molar refractivity (Wildman–Crippen MR) is 93.6 cm³/mol. The van der Waals surface area contributed by atoms with Crippen LogP contribution in [0.15, 0.2) is 24.3 Å². The van der Waals surface area contributed by atoms with Gasteiger partial charge in [-0.3, -0.25) is 4.79 Å². The van der Waals surface area contributed by atoms with E-state index in [1.807, 2.05) is 45.0 Å². The number of nitrogens with zero attached hydrogens (tertiary/aromatic N) is 1. The number of benzene rings is 1. The maximum Gasteiger partial charge on any atom is 0.410 e. The van der Waals surface area contributed by atoms with Crippen molar-refractivity contribution in [1.82, 2.24) is 4.90 Å². The fourth-order valence-corrected chi connectivity index (χ4v) is 2.63. The monoisotopic (exact) mass is 349 g/mol. The molecule has 25 heavy (non-hydrogen) atoms. The highest BCUT2D eigenvalue weighted by atomic mass is 16.6. The fourth-order valence-electron chi connectivity index (χ4n) is 2.63. The molecule has 0 bridgehead atoms. The quantitative estimate of drug-likeness (QED) is 0.764.